The Morgan fingerprint density at radius 2 is 1.40 bits per heavy atom. The van der Waals surface area contributed by atoms with Gasteiger partial charge >= 0.3 is 12.2 Å². The van der Waals surface area contributed by atoms with Crippen molar-refractivity contribution in [3.8, 4) is 0 Å². The van der Waals surface area contributed by atoms with E-state index in [2.05, 4.69) is 0 Å². The van der Waals surface area contributed by atoms with E-state index in [1.807, 2.05) is 0 Å². The fraction of sp³-hybridized carbons (Fsp3) is 0.767. The molecule has 2 aliphatic carbocycles. The third-order valence-electron chi connectivity index (χ3n) is 8.24. The van der Waals surface area contributed by atoms with Crippen LogP contribution in [0.4, 0.5) is 9.59 Å². The molecule has 3 N–H and O–H groups in total. The van der Waals surface area contributed by atoms with Gasteiger partial charge in [0, 0.05) is 25.9 Å². The smallest absolute Gasteiger partial charge is 0.410 e. The molecule has 0 bridgehead atoms. The molecule has 12 nitrogen and oxygen atoms in total. The van der Waals surface area contributed by atoms with Crippen molar-refractivity contribution in [2.24, 2.45) is 0 Å². The minimum Gasteiger partial charge on any atom is -0.874 e. The Balaban J connectivity index is 1.48. The molecule has 0 spiro atoms. The fourth-order valence-electron chi connectivity index (χ4n) is 6.38. The molecular formula is C30H45N2O10-. The molecule has 0 aromatic heterocycles. The average Bonchev–Trinajstić information content (AvgIpc) is 3.54. The summed E-state index contributed by atoms with van der Waals surface area (Å²) < 4.78 is 17.0. The van der Waals surface area contributed by atoms with Crippen LogP contribution >= 0.6 is 0 Å². The van der Waals surface area contributed by atoms with Gasteiger partial charge in [-0.1, -0.05) is 17.9 Å². The van der Waals surface area contributed by atoms with E-state index in [1.54, 1.807) is 41.5 Å². The monoisotopic (exact) mass is 593 g/mol. The molecule has 2 fully saturated rings. The first-order chi connectivity index (χ1) is 19.3. The zero-order valence-electron chi connectivity index (χ0n) is 25.4. The highest BCUT2D eigenvalue weighted by Crippen LogP contribution is 2.40. The van der Waals surface area contributed by atoms with Crippen LogP contribution in [0.25, 0.3) is 0 Å². The maximum atomic E-state index is 13.3. The molecule has 2 aliphatic heterocycles. The molecular weight excluding hydrogens is 548 g/mol. The predicted octanol–water partition coefficient (Wildman–Crippen LogP) is 1.54. The first-order valence-electron chi connectivity index (χ1n) is 14.7. The van der Waals surface area contributed by atoms with Crippen LogP contribution in [0, 0.1) is 0 Å². The Labute approximate surface area is 246 Å². The minimum atomic E-state index is -2.02. The molecule has 2 saturated heterocycles. The highest BCUT2D eigenvalue weighted by molar-refractivity contribution is 5.99. The maximum Gasteiger partial charge on any atom is 0.410 e. The zero-order chi connectivity index (χ0) is 31.3. The molecule has 0 saturated carbocycles. The van der Waals surface area contributed by atoms with Crippen LogP contribution in [0.5, 0.6) is 0 Å². The molecule has 2 heterocycles. The summed E-state index contributed by atoms with van der Waals surface area (Å²) in [5.74, 6) is -1.25. The van der Waals surface area contributed by atoms with Gasteiger partial charge < -0.3 is 44.4 Å². The second kappa shape index (κ2) is 11.4. The van der Waals surface area contributed by atoms with Crippen molar-refractivity contribution in [2.75, 3.05) is 13.1 Å². The fourth-order valence-corrected chi connectivity index (χ4v) is 6.38. The van der Waals surface area contributed by atoms with Crippen LogP contribution in [-0.2, 0) is 19.0 Å². The number of likely N-dealkylation sites (tertiary alicyclic amines) is 2. The topological polar surface area (TPSA) is 169 Å². The van der Waals surface area contributed by atoms with Crippen molar-refractivity contribution in [1.29, 1.82) is 0 Å². The van der Waals surface area contributed by atoms with Crippen molar-refractivity contribution in [2.45, 2.75) is 133 Å². The quantitative estimate of drug-likeness (QED) is 0.435. The van der Waals surface area contributed by atoms with Crippen LogP contribution in [0.15, 0.2) is 24.0 Å². The van der Waals surface area contributed by atoms with Gasteiger partial charge in [0.2, 0.25) is 0 Å². The van der Waals surface area contributed by atoms with Gasteiger partial charge in [-0.3, -0.25) is 4.79 Å². The molecule has 4 aliphatic rings. The van der Waals surface area contributed by atoms with Gasteiger partial charge in [0.25, 0.3) is 0 Å². The minimum absolute atomic E-state index is 0.198. The zero-order valence-corrected chi connectivity index (χ0v) is 25.4. The van der Waals surface area contributed by atoms with Gasteiger partial charge in [0.15, 0.2) is 5.78 Å². The van der Waals surface area contributed by atoms with Crippen LogP contribution in [0.1, 0.15) is 80.1 Å². The second-order valence-electron chi connectivity index (χ2n) is 13.9. The molecule has 0 aromatic rings. The van der Waals surface area contributed by atoms with Crippen LogP contribution in [0.2, 0.25) is 0 Å². The molecule has 2 amide bonds. The summed E-state index contributed by atoms with van der Waals surface area (Å²) in [7, 11) is 0. The number of carbonyl (C=O) groups excluding carboxylic acids is 3. The molecule has 0 radical (unpaired) electrons. The lowest BCUT2D eigenvalue weighted by Gasteiger charge is -2.48. The van der Waals surface area contributed by atoms with E-state index in [0.717, 1.165) is 6.08 Å². The van der Waals surface area contributed by atoms with E-state index in [9.17, 15) is 34.8 Å². The van der Waals surface area contributed by atoms with Crippen molar-refractivity contribution >= 4 is 18.0 Å². The van der Waals surface area contributed by atoms with Gasteiger partial charge in [-0.25, -0.2) is 9.59 Å². The standard InChI is InChI=1S/C30H46N2O10/c1-27(2,3)41-25(36)31-13-7-9-21(31)29(38)16-18(11-12-23(29)34)40-20-15-24(35)30(39,17-19(20)33)22-10-8-14-32(22)26(37)42-28(4,5)6/h11-12,15,18-22,33,35,38-39H,7-10,13-14,16-17H2,1-6H3/p-1/t18-,19+,20-,21+,22+,29+,30+/m0/s1. The van der Waals surface area contributed by atoms with E-state index in [0.29, 0.717) is 38.8 Å². The van der Waals surface area contributed by atoms with E-state index >= 15 is 0 Å². The molecule has 42 heavy (non-hydrogen) atoms. The summed E-state index contributed by atoms with van der Waals surface area (Å²) in [5.41, 5.74) is -5.48. The third kappa shape index (κ3) is 6.61. The second-order valence-corrected chi connectivity index (χ2v) is 13.9. The molecule has 4 rings (SSSR count). The summed E-state index contributed by atoms with van der Waals surface area (Å²) in [6.07, 6.45) is 0.529. The van der Waals surface area contributed by atoms with E-state index < -0.39 is 76.5 Å². The number of aliphatic hydroxyl groups excluding tert-OH is 1. The Kier molecular flexibility index (Phi) is 8.78. The summed E-state index contributed by atoms with van der Waals surface area (Å²) in [4.78, 5) is 41.3. The normalized spacial score (nSPS) is 35.8. The highest BCUT2D eigenvalue weighted by Gasteiger charge is 2.53. The molecule has 7 atom stereocenters. The number of hydrogen-bond acceptors (Lipinski definition) is 10. The Morgan fingerprint density at radius 3 is 1.90 bits per heavy atom. The Bertz CT molecular complexity index is 1120. The first-order valence-corrected chi connectivity index (χ1v) is 14.7. The van der Waals surface area contributed by atoms with Gasteiger partial charge in [-0.05, 0) is 73.3 Å². The van der Waals surface area contributed by atoms with E-state index in [-0.39, 0.29) is 12.8 Å². The maximum absolute atomic E-state index is 13.3. The highest BCUT2D eigenvalue weighted by atomic mass is 16.6. The SMILES string of the molecule is CC(C)(C)OC(=O)N1CCC[C@@H]1[C@]1(O)C[C@@H](O[C@H]2C=C([O-])[C@](O)([C@H]3CCCN3C(=O)OC(C)(C)C)C[C@H]2O)C=CC1=O. The predicted molar refractivity (Wildman–Crippen MR) is 148 cm³/mol. The van der Waals surface area contributed by atoms with Gasteiger partial charge in [-0.15, -0.1) is 0 Å². The van der Waals surface area contributed by atoms with Crippen LogP contribution in [0.3, 0.4) is 0 Å². The Morgan fingerprint density at radius 1 is 0.905 bits per heavy atom. The van der Waals surface area contributed by atoms with Crippen LogP contribution < -0.4 is 5.11 Å². The largest absolute Gasteiger partial charge is 0.874 e. The van der Waals surface area contributed by atoms with Gasteiger partial charge in [0.1, 0.15) is 22.9 Å². The number of ketones is 1. The van der Waals surface area contributed by atoms with Crippen molar-refractivity contribution in [3.05, 3.63) is 24.0 Å². The number of ether oxygens (including phenoxy) is 3. The number of amides is 2. The summed E-state index contributed by atoms with van der Waals surface area (Å²) >= 11 is 0. The van der Waals surface area contributed by atoms with Crippen molar-refractivity contribution < 1.29 is 49.0 Å². The number of nitrogens with zero attached hydrogens (tertiary/aromatic N) is 2. The molecule has 236 valence electrons. The Hall–Kier alpha value is -2.67. The van der Waals surface area contributed by atoms with Crippen molar-refractivity contribution in [1.82, 2.24) is 9.80 Å². The summed E-state index contributed by atoms with van der Waals surface area (Å²) in [6, 6.07) is -1.70. The lowest BCUT2D eigenvalue weighted by atomic mass is 9.78. The number of carbonyl (C=O) groups is 3. The summed E-state index contributed by atoms with van der Waals surface area (Å²) in [5, 5.41) is 47.4. The third-order valence-corrected chi connectivity index (χ3v) is 8.24. The first kappa shape index (κ1) is 32.2. The lowest BCUT2D eigenvalue weighted by molar-refractivity contribution is -0.346. The lowest BCUT2D eigenvalue weighted by Crippen LogP contribution is -2.61. The number of hydrogen-bond donors (Lipinski definition) is 3. The van der Waals surface area contributed by atoms with E-state index in [1.165, 1.54) is 22.0 Å². The summed E-state index contributed by atoms with van der Waals surface area (Å²) in [6.45, 7) is 11.0. The molecule has 0 aromatic carbocycles. The van der Waals surface area contributed by atoms with E-state index in [4.69, 9.17) is 14.2 Å². The van der Waals surface area contributed by atoms with Crippen molar-refractivity contribution in [3.63, 3.8) is 0 Å². The number of rotatable bonds is 4. The molecule has 12 heteroatoms. The van der Waals surface area contributed by atoms with Crippen LogP contribution in [-0.4, -0.2) is 109 Å². The van der Waals surface area contributed by atoms with Gasteiger partial charge in [0.05, 0.1) is 29.9 Å². The number of aliphatic hydroxyl groups is 3. The molecule has 0 unspecified atom stereocenters. The van der Waals surface area contributed by atoms with Gasteiger partial charge in [-0.2, -0.15) is 0 Å². The average molecular weight is 594 g/mol.